The molecular formula is C18H16F2N4O2S. The molecule has 1 aliphatic rings. The van der Waals surface area contributed by atoms with Gasteiger partial charge in [0.1, 0.15) is 11.6 Å². The highest BCUT2D eigenvalue weighted by Crippen LogP contribution is 2.33. The number of benzene rings is 1. The van der Waals surface area contributed by atoms with E-state index in [-0.39, 0.29) is 11.7 Å². The molecule has 140 valence electrons. The minimum absolute atomic E-state index is 0.216. The summed E-state index contributed by atoms with van der Waals surface area (Å²) in [7, 11) is 0. The van der Waals surface area contributed by atoms with Gasteiger partial charge in [-0.3, -0.25) is 0 Å². The Morgan fingerprint density at radius 3 is 2.89 bits per heavy atom. The largest absolute Gasteiger partial charge is 0.449 e. The van der Waals surface area contributed by atoms with Crippen molar-refractivity contribution in [1.82, 2.24) is 18.8 Å². The molecule has 9 heteroatoms. The van der Waals surface area contributed by atoms with Gasteiger partial charge in [-0.25, -0.2) is 22.9 Å². The van der Waals surface area contributed by atoms with Crippen LogP contribution in [0.25, 0.3) is 22.5 Å². The lowest BCUT2D eigenvalue weighted by molar-refractivity contribution is 0.0716. The van der Waals surface area contributed by atoms with E-state index < -0.39 is 11.6 Å². The van der Waals surface area contributed by atoms with Gasteiger partial charge < -0.3 is 14.2 Å². The minimum Gasteiger partial charge on any atom is -0.449 e. The number of hydrogen-bond acceptors (Lipinski definition) is 5. The molecular weight excluding hydrogens is 374 g/mol. The normalized spacial score (nSPS) is 14.4. The number of halogens is 2. The highest BCUT2D eigenvalue weighted by Gasteiger charge is 2.22. The van der Waals surface area contributed by atoms with Crippen molar-refractivity contribution in [3.05, 3.63) is 47.7 Å². The van der Waals surface area contributed by atoms with Crippen LogP contribution in [0.2, 0.25) is 0 Å². The lowest BCUT2D eigenvalue weighted by Crippen LogP contribution is -2.39. The first-order chi connectivity index (χ1) is 13.1. The Morgan fingerprint density at radius 1 is 1.26 bits per heavy atom. The van der Waals surface area contributed by atoms with Crippen molar-refractivity contribution in [2.45, 2.75) is 13.0 Å². The van der Waals surface area contributed by atoms with E-state index in [1.807, 2.05) is 9.95 Å². The van der Waals surface area contributed by atoms with E-state index in [4.69, 9.17) is 4.74 Å². The van der Waals surface area contributed by atoms with Gasteiger partial charge in [0.05, 0.1) is 30.5 Å². The van der Waals surface area contributed by atoms with E-state index in [2.05, 4.69) is 9.36 Å². The van der Waals surface area contributed by atoms with Crippen molar-refractivity contribution < 1.29 is 18.3 Å². The minimum atomic E-state index is -0.677. The van der Waals surface area contributed by atoms with Crippen LogP contribution < -0.4 is 0 Å². The number of aromatic nitrogens is 3. The molecule has 4 rings (SSSR count). The number of rotatable bonds is 5. The quantitative estimate of drug-likeness (QED) is 0.665. The van der Waals surface area contributed by atoms with E-state index in [0.29, 0.717) is 37.6 Å². The fourth-order valence-electron chi connectivity index (χ4n) is 3.08. The van der Waals surface area contributed by atoms with Crippen LogP contribution >= 0.6 is 11.5 Å². The van der Waals surface area contributed by atoms with Gasteiger partial charge in [-0.1, -0.05) is 0 Å². The Hall–Kier alpha value is -2.81. The number of carbonyl (C=O) groups excluding carboxylic acids is 1. The zero-order valence-corrected chi connectivity index (χ0v) is 15.1. The Balaban J connectivity index is 1.68. The maximum Gasteiger partial charge on any atom is 0.409 e. The fraction of sp³-hybridized carbons (Fsp3) is 0.278. The van der Waals surface area contributed by atoms with Crippen molar-refractivity contribution >= 4 is 17.6 Å². The maximum absolute atomic E-state index is 14.3. The Bertz CT molecular complexity index is 958. The van der Waals surface area contributed by atoms with E-state index in [1.54, 1.807) is 17.4 Å². The van der Waals surface area contributed by atoms with Crippen LogP contribution in [-0.2, 0) is 11.3 Å². The van der Waals surface area contributed by atoms with E-state index >= 15 is 0 Å². The van der Waals surface area contributed by atoms with Crippen molar-refractivity contribution in [3.8, 4) is 22.5 Å². The third kappa shape index (κ3) is 3.55. The van der Waals surface area contributed by atoms with Gasteiger partial charge >= 0.3 is 6.09 Å². The van der Waals surface area contributed by atoms with Gasteiger partial charge in [0.2, 0.25) is 0 Å². The molecule has 0 aliphatic carbocycles. The van der Waals surface area contributed by atoms with Crippen LogP contribution in [-0.4, -0.2) is 44.6 Å². The third-order valence-electron chi connectivity index (χ3n) is 4.40. The number of carbonyl (C=O) groups is 1. The van der Waals surface area contributed by atoms with E-state index in [1.165, 1.54) is 23.7 Å². The molecule has 1 saturated heterocycles. The van der Waals surface area contributed by atoms with Gasteiger partial charge in [-0.05, 0) is 30.1 Å². The number of cyclic esters (lactones) is 1. The molecule has 0 bridgehead atoms. The van der Waals surface area contributed by atoms with Crippen LogP contribution in [0.5, 0.6) is 0 Å². The van der Waals surface area contributed by atoms with Crippen molar-refractivity contribution in [3.63, 3.8) is 0 Å². The van der Waals surface area contributed by atoms with Gasteiger partial charge in [0, 0.05) is 42.2 Å². The molecule has 0 radical (unpaired) electrons. The van der Waals surface area contributed by atoms with Crippen molar-refractivity contribution in [1.29, 1.82) is 0 Å². The van der Waals surface area contributed by atoms with Gasteiger partial charge in [0.25, 0.3) is 0 Å². The molecule has 1 fully saturated rings. The second kappa shape index (κ2) is 7.43. The molecule has 6 nitrogen and oxygen atoms in total. The Kier molecular flexibility index (Phi) is 4.85. The standard InChI is InChI=1S/C18H16F2N4O2S/c19-13-2-3-14(15(20)8-13)16-17(12-9-22-27-10-12)24(11-21-16)6-5-23-4-1-7-26-18(23)25/h2-3,8-11H,1,4-7H2. The summed E-state index contributed by atoms with van der Waals surface area (Å²) in [6, 6.07) is 3.42. The second-order valence-electron chi connectivity index (χ2n) is 6.13. The first kappa shape index (κ1) is 17.6. The molecule has 0 atom stereocenters. The van der Waals surface area contributed by atoms with Gasteiger partial charge in [-0.2, -0.15) is 0 Å². The van der Waals surface area contributed by atoms with Crippen LogP contribution in [0, 0.1) is 11.6 Å². The summed E-state index contributed by atoms with van der Waals surface area (Å²) in [5.41, 5.74) is 2.10. The molecule has 1 aliphatic heterocycles. The molecule has 3 aromatic rings. The summed E-state index contributed by atoms with van der Waals surface area (Å²) in [5, 5.41) is 1.84. The molecule has 1 aromatic carbocycles. The van der Waals surface area contributed by atoms with Crippen LogP contribution in [0.15, 0.2) is 36.1 Å². The number of amides is 1. The van der Waals surface area contributed by atoms with Crippen molar-refractivity contribution in [2.24, 2.45) is 0 Å². The first-order valence-electron chi connectivity index (χ1n) is 8.45. The van der Waals surface area contributed by atoms with E-state index in [9.17, 15) is 13.6 Å². The highest BCUT2D eigenvalue weighted by molar-refractivity contribution is 7.03. The smallest absolute Gasteiger partial charge is 0.409 e. The molecule has 0 N–H and O–H groups in total. The average Bonchev–Trinajstić information content (AvgIpc) is 3.30. The summed E-state index contributed by atoms with van der Waals surface area (Å²) >= 11 is 1.27. The SMILES string of the molecule is O=C1OCCCN1CCn1cnc(-c2ccc(F)cc2F)c1-c1cnsc1. The molecule has 0 unspecified atom stereocenters. The van der Waals surface area contributed by atoms with Crippen LogP contribution in [0.3, 0.4) is 0 Å². The monoisotopic (exact) mass is 390 g/mol. The summed E-state index contributed by atoms with van der Waals surface area (Å²) in [6.07, 6.45) is 3.74. The topological polar surface area (TPSA) is 60.2 Å². The Morgan fingerprint density at radius 2 is 2.15 bits per heavy atom. The predicted octanol–water partition coefficient (Wildman–Crippen LogP) is 3.79. The zero-order chi connectivity index (χ0) is 18.8. The van der Waals surface area contributed by atoms with Crippen molar-refractivity contribution in [2.75, 3.05) is 19.7 Å². The summed E-state index contributed by atoms with van der Waals surface area (Å²) in [4.78, 5) is 17.8. The average molecular weight is 390 g/mol. The lowest BCUT2D eigenvalue weighted by atomic mass is 10.1. The Labute approximate surface area is 158 Å². The molecule has 3 heterocycles. The third-order valence-corrected chi connectivity index (χ3v) is 4.98. The number of hydrogen-bond donors (Lipinski definition) is 0. The van der Waals surface area contributed by atoms with Crippen LogP contribution in [0.1, 0.15) is 6.42 Å². The van der Waals surface area contributed by atoms with E-state index in [0.717, 1.165) is 18.1 Å². The zero-order valence-electron chi connectivity index (χ0n) is 14.3. The van der Waals surface area contributed by atoms with Gasteiger partial charge in [0.15, 0.2) is 0 Å². The molecule has 0 saturated carbocycles. The number of imidazole rings is 1. The summed E-state index contributed by atoms with van der Waals surface area (Å²) < 4.78 is 38.6. The molecule has 27 heavy (non-hydrogen) atoms. The predicted molar refractivity (Wildman–Crippen MR) is 96.2 cm³/mol. The molecule has 2 aromatic heterocycles. The summed E-state index contributed by atoms with van der Waals surface area (Å²) in [6.45, 7) is 2.00. The van der Waals surface area contributed by atoms with Gasteiger partial charge in [-0.15, -0.1) is 0 Å². The first-order valence-corrected chi connectivity index (χ1v) is 9.29. The fourth-order valence-corrected chi connectivity index (χ4v) is 3.61. The molecule has 1 amide bonds. The number of ether oxygens (including phenoxy) is 1. The number of nitrogens with zero attached hydrogens (tertiary/aromatic N) is 4. The van der Waals surface area contributed by atoms with Crippen LogP contribution in [0.4, 0.5) is 13.6 Å². The molecule has 0 spiro atoms. The lowest BCUT2D eigenvalue weighted by Gasteiger charge is -2.26. The maximum atomic E-state index is 14.3. The second-order valence-corrected chi connectivity index (χ2v) is 6.78. The summed E-state index contributed by atoms with van der Waals surface area (Å²) in [5.74, 6) is -1.32. The highest BCUT2D eigenvalue weighted by atomic mass is 32.1.